The molecule has 0 aliphatic carbocycles. The maximum Gasteiger partial charge on any atom is 0.172 e. The number of hydrogen-bond acceptors (Lipinski definition) is 4. The minimum atomic E-state index is 0.0606. The van der Waals surface area contributed by atoms with E-state index in [1.165, 1.54) is 4.88 Å². The molecule has 0 radical (unpaired) electrons. The molecule has 6 heteroatoms. The van der Waals surface area contributed by atoms with Crippen molar-refractivity contribution >= 4 is 34.5 Å². The Morgan fingerprint density at radius 2 is 2.25 bits per heavy atom. The van der Waals surface area contributed by atoms with Crippen molar-refractivity contribution in [3.8, 4) is 0 Å². The van der Waals surface area contributed by atoms with Gasteiger partial charge >= 0.3 is 0 Å². The van der Waals surface area contributed by atoms with E-state index in [1.807, 2.05) is 19.2 Å². The second-order valence-corrected chi connectivity index (χ2v) is 5.87. The van der Waals surface area contributed by atoms with Gasteiger partial charge in [-0.05, 0) is 36.1 Å². The van der Waals surface area contributed by atoms with E-state index in [0.29, 0.717) is 10.6 Å². The summed E-state index contributed by atoms with van der Waals surface area (Å²) in [5.41, 5.74) is 7.23. The molecule has 0 bridgehead atoms. The quantitative estimate of drug-likeness (QED) is 0.386. The van der Waals surface area contributed by atoms with Crippen molar-refractivity contribution in [2.75, 3.05) is 18.5 Å². The second-order valence-electron chi connectivity index (χ2n) is 4.40. The summed E-state index contributed by atoms with van der Waals surface area (Å²) in [5, 5.41) is 14.6. The van der Waals surface area contributed by atoms with Gasteiger partial charge in [-0.15, -0.1) is 11.3 Å². The molecule has 2 rings (SSSR count). The number of benzene rings is 1. The lowest BCUT2D eigenvalue weighted by Crippen LogP contribution is -2.24. The zero-order chi connectivity index (χ0) is 14.5. The molecule has 4 nitrogen and oxygen atoms in total. The lowest BCUT2D eigenvalue weighted by atomic mass is 10.1. The molecular weight excluding hydrogens is 294 g/mol. The van der Waals surface area contributed by atoms with Gasteiger partial charge in [-0.1, -0.05) is 22.8 Å². The largest absolute Gasteiger partial charge is 0.409 e. The lowest BCUT2D eigenvalue weighted by Gasteiger charge is -2.22. The van der Waals surface area contributed by atoms with Crippen molar-refractivity contribution in [1.82, 2.24) is 0 Å². The van der Waals surface area contributed by atoms with Crippen LogP contribution in [0.3, 0.4) is 0 Å². The van der Waals surface area contributed by atoms with Crippen LogP contribution in [0, 0.1) is 0 Å². The summed E-state index contributed by atoms with van der Waals surface area (Å²) < 4.78 is 0. The SMILES string of the molecule is CN(CCc1cccs1)c1ccc(Cl)cc1C(N)=NO. The van der Waals surface area contributed by atoms with Crippen LogP contribution in [-0.4, -0.2) is 24.6 Å². The van der Waals surface area contributed by atoms with E-state index in [-0.39, 0.29) is 5.84 Å². The second kappa shape index (κ2) is 6.63. The first-order valence-electron chi connectivity index (χ1n) is 6.13. The summed E-state index contributed by atoms with van der Waals surface area (Å²) in [7, 11) is 1.98. The summed E-state index contributed by atoms with van der Waals surface area (Å²) in [6.45, 7) is 0.841. The zero-order valence-corrected chi connectivity index (χ0v) is 12.7. The van der Waals surface area contributed by atoms with Crippen LogP contribution in [0.1, 0.15) is 10.4 Å². The number of likely N-dealkylation sites (N-methyl/N-ethyl adjacent to an activating group) is 1. The van der Waals surface area contributed by atoms with Crippen LogP contribution in [0.2, 0.25) is 5.02 Å². The van der Waals surface area contributed by atoms with Crippen molar-refractivity contribution in [2.24, 2.45) is 10.9 Å². The van der Waals surface area contributed by atoms with Gasteiger partial charge in [0.2, 0.25) is 0 Å². The third-order valence-corrected chi connectivity index (χ3v) is 4.20. The number of halogens is 1. The average molecular weight is 310 g/mol. The van der Waals surface area contributed by atoms with Crippen LogP contribution < -0.4 is 10.6 Å². The number of oxime groups is 1. The lowest BCUT2D eigenvalue weighted by molar-refractivity contribution is 0.318. The first-order chi connectivity index (χ1) is 9.61. The molecule has 1 aromatic carbocycles. The van der Waals surface area contributed by atoms with Gasteiger partial charge in [-0.25, -0.2) is 0 Å². The van der Waals surface area contributed by atoms with Gasteiger partial charge in [-0.2, -0.15) is 0 Å². The maximum absolute atomic E-state index is 8.87. The van der Waals surface area contributed by atoms with Crippen molar-refractivity contribution in [3.63, 3.8) is 0 Å². The molecule has 0 aliphatic rings. The molecule has 3 N–H and O–H groups in total. The molecule has 0 aliphatic heterocycles. The Morgan fingerprint density at radius 3 is 2.90 bits per heavy atom. The molecule has 0 unspecified atom stereocenters. The van der Waals surface area contributed by atoms with Crippen molar-refractivity contribution in [2.45, 2.75) is 6.42 Å². The summed E-state index contributed by atoms with van der Waals surface area (Å²) in [4.78, 5) is 3.40. The van der Waals surface area contributed by atoms with E-state index in [1.54, 1.807) is 23.5 Å². The minimum absolute atomic E-state index is 0.0606. The third kappa shape index (κ3) is 3.43. The molecule has 0 atom stereocenters. The molecule has 0 fully saturated rings. The molecule has 0 spiro atoms. The minimum Gasteiger partial charge on any atom is -0.409 e. The van der Waals surface area contributed by atoms with Gasteiger partial charge in [-0.3, -0.25) is 0 Å². The fraction of sp³-hybridized carbons (Fsp3) is 0.214. The fourth-order valence-electron chi connectivity index (χ4n) is 1.95. The molecule has 0 amide bonds. The average Bonchev–Trinajstić information content (AvgIpc) is 2.97. The standard InChI is InChI=1S/C14H16ClN3OS/c1-18(7-6-11-3-2-8-20-11)13-5-4-10(15)9-12(13)14(16)17-19/h2-5,8-9,19H,6-7H2,1H3,(H2,16,17). The summed E-state index contributed by atoms with van der Waals surface area (Å²) in [5.74, 6) is 0.0606. The maximum atomic E-state index is 8.87. The van der Waals surface area contributed by atoms with Crippen LogP contribution in [0.15, 0.2) is 40.9 Å². The van der Waals surface area contributed by atoms with Gasteiger partial charge in [0.05, 0.1) is 0 Å². The van der Waals surface area contributed by atoms with E-state index < -0.39 is 0 Å². The number of rotatable bonds is 5. The van der Waals surface area contributed by atoms with Crippen molar-refractivity contribution in [3.05, 3.63) is 51.2 Å². The monoisotopic (exact) mass is 309 g/mol. The summed E-state index contributed by atoms with van der Waals surface area (Å²) in [6.07, 6.45) is 0.951. The molecule has 106 valence electrons. The predicted molar refractivity (Wildman–Crippen MR) is 85.3 cm³/mol. The Kier molecular flexibility index (Phi) is 4.87. The zero-order valence-electron chi connectivity index (χ0n) is 11.1. The normalized spacial score (nSPS) is 11.6. The number of nitrogens with two attached hydrogens (primary N) is 1. The number of amidine groups is 1. The topological polar surface area (TPSA) is 61.8 Å². The molecule has 1 aromatic heterocycles. The molecule has 20 heavy (non-hydrogen) atoms. The number of hydrogen-bond donors (Lipinski definition) is 2. The Morgan fingerprint density at radius 1 is 1.45 bits per heavy atom. The first kappa shape index (κ1) is 14.7. The van der Waals surface area contributed by atoms with Crippen LogP contribution in [-0.2, 0) is 6.42 Å². The molecule has 0 saturated carbocycles. The highest BCUT2D eigenvalue weighted by Crippen LogP contribution is 2.24. The highest BCUT2D eigenvalue weighted by atomic mass is 35.5. The Bertz CT molecular complexity index is 598. The van der Waals surface area contributed by atoms with Gasteiger partial charge in [0.1, 0.15) is 0 Å². The van der Waals surface area contributed by atoms with Crippen LogP contribution in [0.25, 0.3) is 0 Å². The number of thiophene rings is 1. The van der Waals surface area contributed by atoms with Crippen molar-refractivity contribution < 1.29 is 5.21 Å². The van der Waals surface area contributed by atoms with Crippen LogP contribution >= 0.6 is 22.9 Å². The van der Waals surface area contributed by atoms with Crippen LogP contribution in [0.4, 0.5) is 5.69 Å². The van der Waals surface area contributed by atoms with E-state index in [4.69, 9.17) is 22.5 Å². The number of nitrogens with zero attached hydrogens (tertiary/aromatic N) is 2. The van der Waals surface area contributed by atoms with E-state index in [9.17, 15) is 0 Å². The van der Waals surface area contributed by atoms with Gasteiger partial charge in [0.15, 0.2) is 5.84 Å². The summed E-state index contributed by atoms with van der Waals surface area (Å²) >= 11 is 7.71. The molecule has 2 aromatic rings. The molecule has 0 saturated heterocycles. The highest BCUT2D eigenvalue weighted by Gasteiger charge is 2.12. The number of anilines is 1. The highest BCUT2D eigenvalue weighted by molar-refractivity contribution is 7.09. The first-order valence-corrected chi connectivity index (χ1v) is 7.38. The van der Waals surface area contributed by atoms with Crippen LogP contribution in [0.5, 0.6) is 0 Å². The Labute approximate surface area is 127 Å². The third-order valence-electron chi connectivity index (χ3n) is 3.03. The van der Waals surface area contributed by atoms with Crippen molar-refractivity contribution in [1.29, 1.82) is 0 Å². The van der Waals surface area contributed by atoms with Gasteiger partial charge < -0.3 is 15.8 Å². The predicted octanol–water partition coefficient (Wildman–Crippen LogP) is 3.17. The summed E-state index contributed by atoms with van der Waals surface area (Å²) in [6, 6.07) is 9.54. The van der Waals surface area contributed by atoms with E-state index >= 15 is 0 Å². The molecule has 1 heterocycles. The Hall–Kier alpha value is -1.72. The smallest absolute Gasteiger partial charge is 0.172 e. The van der Waals surface area contributed by atoms with Gasteiger partial charge in [0, 0.05) is 34.7 Å². The Balaban J connectivity index is 2.18. The van der Waals surface area contributed by atoms with E-state index in [2.05, 4.69) is 21.5 Å². The van der Waals surface area contributed by atoms with E-state index in [0.717, 1.165) is 18.7 Å². The molecular formula is C14H16ClN3OS. The van der Waals surface area contributed by atoms with Gasteiger partial charge in [0.25, 0.3) is 0 Å². The fourth-order valence-corrected chi connectivity index (χ4v) is 2.82.